The molecule has 1 heterocycles. The minimum atomic E-state index is -0.136. The minimum absolute atomic E-state index is 0.119. The normalized spacial score (nSPS) is 10.8. The van der Waals surface area contributed by atoms with Crippen LogP contribution in [0.5, 0.6) is 0 Å². The molecular formula is C10H19N5O2. The van der Waals surface area contributed by atoms with Crippen LogP contribution in [0.25, 0.3) is 0 Å². The molecule has 3 N–H and O–H groups in total. The van der Waals surface area contributed by atoms with Gasteiger partial charge in [-0.3, -0.25) is 4.79 Å². The summed E-state index contributed by atoms with van der Waals surface area (Å²) in [7, 11) is 0. The monoisotopic (exact) mass is 241 g/mol. The van der Waals surface area contributed by atoms with E-state index in [9.17, 15) is 4.79 Å². The van der Waals surface area contributed by atoms with Gasteiger partial charge in [-0.05, 0) is 5.92 Å². The van der Waals surface area contributed by atoms with E-state index < -0.39 is 0 Å². The topological polar surface area (TPSA) is 95.1 Å². The molecule has 0 unspecified atom stereocenters. The number of hydrogen-bond donors (Lipinski definition) is 2. The number of ether oxygens (including phenoxy) is 1. The first-order chi connectivity index (χ1) is 8.08. The SMILES string of the molecule is CC(C)COCCNC(=O)Cn1cnc(N)n1. The van der Waals surface area contributed by atoms with Crippen LogP contribution in [0.1, 0.15) is 13.8 Å². The lowest BCUT2D eigenvalue weighted by Crippen LogP contribution is -2.31. The van der Waals surface area contributed by atoms with E-state index in [-0.39, 0.29) is 18.4 Å². The third kappa shape index (κ3) is 5.86. The van der Waals surface area contributed by atoms with Gasteiger partial charge in [-0.25, -0.2) is 9.67 Å². The molecule has 1 amide bonds. The van der Waals surface area contributed by atoms with Gasteiger partial charge in [-0.2, -0.15) is 0 Å². The van der Waals surface area contributed by atoms with Gasteiger partial charge in [0.1, 0.15) is 12.9 Å². The Balaban J connectivity index is 2.09. The van der Waals surface area contributed by atoms with Gasteiger partial charge < -0.3 is 15.8 Å². The highest BCUT2D eigenvalue weighted by Crippen LogP contribution is 1.91. The van der Waals surface area contributed by atoms with E-state index in [0.717, 1.165) is 0 Å². The Morgan fingerprint density at radius 3 is 3.00 bits per heavy atom. The van der Waals surface area contributed by atoms with Gasteiger partial charge in [0, 0.05) is 13.2 Å². The fourth-order valence-electron chi connectivity index (χ4n) is 1.17. The van der Waals surface area contributed by atoms with Crippen molar-refractivity contribution in [2.75, 3.05) is 25.5 Å². The van der Waals surface area contributed by atoms with Crippen LogP contribution in [0, 0.1) is 5.92 Å². The standard InChI is InChI=1S/C10H19N5O2/c1-8(2)6-17-4-3-12-9(16)5-15-7-13-10(11)14-15/h7-8H,3-6H2,1-2H3,(H2,11,14)(H,12,16). The van der Waals surface area contributed by atoms with Crippen molar-refractivity contribution in [3.8, 4) is 0 Å². The van der Waals surface area contributed by atoms with Crippen LogP contribution in [0.15, 0.2) is 6.33 Å². The molecule has 1 aromatic heterocycles. The van der Waals surface area contributed by atoms with Gasteiger partial charge in [-0.15, -0.1) is 5.10 Å². The number of nitrogens with one attached hydrogen (secondary N) is 1. The maximum atomic E-state index is 11.4. The van der Waals surface area contributed by atoms with E-state index in [4.69, 9.17) is 10.5 Å². The zero-order valence-corrected chi connectivity index (χ0v) is 10.2. The smallest absolute Gasteiger partial charge is 0.241 e. The third-order valence-corrected chi connectivity index (χ3v) is 1.88. The summed E-state index contributed by atoms with van der Waals surface area (Å²) in [5, 5.41) is 6.53. The van der Waals surface area contributed by atoms with Crippen molar-refractivity contribution in [2.45, 2.75) is 20.4 Å². The number of rotatable bonds is 7. The Morgan fingerprint density at radius 1 is 1.65 bits per heavy atom. The Hall–Kier alpha value is -1.63. The molecule has 0 saturated heterocycles. The molecule has 0 fully saturated rings. The number of carbonyl (C=O) groups is 1. The summed E-state index contributed by atoms with van der Waals surface area (Å²) in [5.41, 5.74) is 5.33. The minimum Gasteiger partial charge on any atom is -0.379 e. The van der Waals surface area contributed by atoms with Crippen molar-refractivity contribution in [3.63, 3.8) is 0 Å². The van der Waals surface area contributed by atoms with E-state index in [1.54, 1.807) is 0 Å². The second-order valence-electron chi connectivity index (χ2n) is 4.12. The number of amides is 1. The van der Waals surface area contributed by atoms with Gasteiger partial charge >= 0.3 is 0 Å². The predicted octanol–water partition coefficient (Wildman–Crippen LogP) is -0.351. The molecule has 0 spiro atoms. The molecule has 7 heteroatoms. The maximum absolute atomic E-state index is 11.4. The lowest BCUT2D eigenvalue weighted by atomic mass is 10.2. The summed E-state index contributed by atoms with van der Waals surface area (Å²) in [6.45, 7) is 5.99. The number of aromatic nitrogens is 3. The predicted molar refractivity (Wildman–Crippen MR) is 63.1 cm³/mol. The summed E-state index contributed by atoms with van der Waals surface area (Å²) < 4.78 is 6.72. The number of nitrogen functional groups attached to an aromatic ring is 1. The van der Waals surface area contributed by atoms with E-state index in [0.29, 0.717) is 25.7 Å². The molecule has 0 radical (unpaired) electrons. The molecule has 0 aliphatic rings. The van der Waals surface area contributed by atoms with Gasteiger partial charge in [0.25, 0.3) is 0 Å². The van der Waals surface area contributed by atoms with E-state index in [1.807, 2.05) is 0 Å². The van der Waals surface area contributed by atoms with Crippen molar-refractivity contribution in [3.05, 3.63) is 6.33 Å². The highest BCUT2D eigenvalue weighted by Gasteiger charge is 2.03. The lowest BCUT2D eigenvalue weighted by molar-refractivity contribution is -0.122. The molecule has 0 saturated carbocycles. The fourth-order valence-corrected chi connectivity index (χ4v) is 1.17. The number of nitrogens with two attached hydrogens (primary N) is 1. The van der Waals surface area contributed by atoms with Crippen molar-refractivity contribution >= 4 is 11.9 Å². The lowest BCUT2D eigenvalue weighted by Gasteiger charge is -2.07. The number of hydrogen-bond acceptors (Lipinski definition) is 5. The van der Waals surface area contributed by atoms with Crippen LogP contribution in [0.3, 0.4) is 0 Å². The summed E-state index contributed by atoms with van der Waals surface area (Å²) >= 11 is 0. The summed E-state index contributed by atoms with van der Waals surface area (Å²) in [4.78, 5) is 15.1. The van der Waals surface area contributed by atoms with Crippen molar-refractivity contribution in [1.82, 2.24) is 20.1 Å². The average Bonchev–Trinajstić information content (AvgIpc) is 2.63. The first kappa shape index (κ1) is 13.4. The Morgan fingerprint density at radius 2 is 2.41 bits per heavy atom. The van der Waals surface area contributed by atoms with Crippen molar-refractivity contribution in [1.29, 1.82) is 0 Å². The van der Waals surface area contributed by atoms with Crippen molar-refractivity contribution in [2.24, 2.45) is 5.92 Å². The maximum Gasteiger partial charge on any atom is 0.241 e. The first-order valence-corrected chi connectivity index (χ1v) is 5.57. The van der Waals surface area contributed by atoms with E-state index in [1.165, 1.54) is 11.0 Å². The van der Waals surface area contributed by atoms with Gasteiger partial charge in [0.15, 0.2) is 0 Å². The summed E-state index contributed by atoms with van der Waals surface area (Å²) in [6.07, 6.45) is 1.42. The number of nitrogens with zero attached hydrogens (tertiary/aromatic N) is 3. The second kappa shape index (κ2) is 6.85. The second-order valence-corrected chi connectivity index (χ2v) is 4.12. The van der Waals surface area contributed by atoms with Crippen LogP contribution in [-0.2, 0) is 16.1 Å². The van der Waals surface area contributed by atoms with Gasteiger partial charge in [0.05, 0.1) is 6.61 Å². The number of anilines is 1. The summed E-state index contributed by atoms with van der Waals surface area (Å²) in [5.74, 6) is 0.532. The molecule has 0 atom stereocenters. The van der Waals surface area contributed by atoms with Crippen LogP contribution in [-0.4, -0.2) is 40.4 Å². The molecule has 1 aromatic rings. The van der Waals surface area contributed by atoms with Crippen LogP contribution in [0.4, 0.5) is 5.95 Å². The molecule has 0 aliphatic heterocycles. The molecule has 7 nitrogen and oxygen atoms in total. The van der Waals surface area contributed by atoms with Crippen LogP contribution >= 0.6 is 0 Å². The largest absolute Gasteiger partial charge is 0.379 e. The summed E-state index contributed by atoms with van der Waals surface area (Å²) in [6, 6.07) is 0. The highest BCUT2D eigenvalue weighted by atomic mass is 16.5. The van der Waals surface area contributed by atoms with E-state index in [2.05, 4.69) is 29.2 Å². The highest BCUT2D eigenvalue weighted by molar-refractivity contribution is 5.75. The first-order valence-electron chi connectivity index (χ1n) is 5.57. The zero-order valence-electron chi connectivity index (χ0n) is 10.2. The average molecular weight is 241 g/mol. The molecule has 0 aliphatic carbocycles. The molecule has 0 bridgehead atoms. The van der Waals surface area contributed by atoms with Crippen molar-refractivity contribution < 1.29 is 9.53 Å². The molecule has 1 rings (SSSR count). The Labute approximate surface area is 100 Å². The quantitative estimate of drug-likeness (QED) is 0.636. The molecule has 96 valence electrons. The zero-order chi connectivity index (χ0) is 12.7. The molecular weight excluding hydrogens is 222 g/mol. The third-order valence-electron chi connectivity index (χ3n) is 1.88. The van der Waals surface area contributed by atoms with Crippen LogP contribution < -0.4 is 11.1 Å². The molecule has 17 heavy (non-hydrogen) atoms. The van der Waals surface area contributed by atoms with Gasteiger partial charge in [-0.1, -0.05) is 13.8 Å². The fraction of sp³-hybridized carbons (Fsp3) is 0.700. The number of carbonyl (C=O) groups excluding carboxylic acids is 1. The van der Waals surface area contributed by atoms with Crippen LogP contribution in [0.2, 0.25) is 0 Å². The van der Waals surface area contributed by atoms with Gasteiger partial charge in [0.2, 0.25) is 11.9 Å². The molecule has 0 aromatic carbocycles. The Bertz CT molecular complexity index is 350. The van der Waals surface area contributed by atoms with E-state index >= 15 is 0 Å². The Kier molecular flexibility index (Phi) is 5.41.